The highest BCUT2D eigenvalue weighted by molar-refractivity contribution is 7.89. The van der Waals surface area contributed by atoms with Crippen LogP contribution < -0.4 is 10.2 Å². The summed E-state index contributed by atoms with van der Waals surface area (Å²) in [6, 6.07) is 5.04. The van der Waals surface area contributed by atoms with Crippen LogP contribution in [0.25, 0.3) is 0 Å². The maximum Gasteiger partial charge on any atom is 0.279 e. The van der Waals surface area contributed by atoms with Gasteiger partial charge >= 0.3 is 0 Å². The van der Waals surface area contributed by atoms with Gasteiger partial charge in [0.2, 0.25) is 10.0 Å². The van der Waals surface area contributed by atoms with Crippen molar-refractivity contribution in [2.75, 3.05) is 38.0 Å². The van der Waals surface area contributed by atoms with E-state index in [0.717, 1.165) is 44.3 Å². The zero-order chi connectivity index (χ0) is 19.4. The van der Waals surface area contributed by atoms with Crippen molar-refractivity contribution in [2.45, 2.75) is 50.8 Å². The van der Waals surface area contributed by atoms with E-state index < -0.39 is 10.0 Å². The molecule has 1 aromatic carbocycles. The van der Waals surface area contributed by atoms with Gasteiger partial charge in [-0.25, -0.2) is 8.42 Å². The van der Waals surface area contributed by atoms with Gasteiger partial charge in [-0.15, -0.1) is 0 Å². The molecule has 0 aromatic heterocycles. The van der Waals surface area contributed by atoms with E-state index in [2.05, 4.69) is 12.2 Å². The summed E-state index contributed by atoms with van der Waals surface area (Å²) in [5.41, 5.74) is 1.48. The first-order valence-corrected chi connectivity index (χ1v) is 11.5. The molecule has 0 radical (unpaired) electrons. The molecule has 1 aromatic rings. The number of nitrogens with one attached hydrogen (secondary N) is 2. The van der Waals surface area contributed by atoms with Gasteiger partial charge in [-0.05, 0) is 50.3 Å². The smallest absolute Gasteiger partial charge is 0.279 e. The number of amides is 1. The molecule has 150 valence electrons. The van der Waals surface area contributed by atoms with Crippen LogP contribution in [0.3, 0.4) is 0 Å². The molecule has 2 saturated heterocycles. The lowest BCUT2D eigenvalue weighted by molar-refractivity contribution is -0.900. The molecule has 1 unspecified atom stereocenters. The lowest BCUT2D eigenvalue weighted by atomic mass is 10.0. The highest BCUT2D eigenvalue weighted by Crippen LogP contribution is 2.25. The van der Waals surface area contributed by atoms with Crippen LogP contribution >= 0.6 is 0 Å². The number of likely N-dealkylation sites (tertiary alicyclic amines) is 1. The van der Waals surface area contributed by atoms with Gasteiger partial charge in [0.1, 0.15) is 0 Å². The molecule has 2 N–H and O–H groups in total. The third-order valence-electron chi connectivity index (χ3n) is 5.71. The van der Waals surface area contributed by atoms with Crippen molar-refractivity contribution in [1.82, 2.24) is 4.31 Å². The van der Waals surface area contributed by atoms with Crippen LogP contribution in [-0.2, 0) is 14.8 Å². The third-order valence-corrected chi connectivity index (χ3v) is 7.61. The van der Waals surface area contributed by atoms with E-state index in [1.54, 1.807) is 22.5 Å². The van der Waals surface area contributed by atoms with Crippen molar-refractivity contribution in [3.8, 4) is 0 Å². The summed E-state index contributed by atoms with van der Waals surface area (Å²) in [6.07, 6.45) is 5.29. The minimum atomic E-state index is -3.49. The molecule has 2 heterocycles. The lowest BCUT2D eigenvalue weighted by Gasteiger charge is -2.27. The highest BCUT2D eigenvalue weighted by atomic mass is 32.2. The van der Waals surface area contributed by atoms with Gasteiger partial charge < -0.3 is 10.2 Å². The minimum absolute atomic E-state index is 0.0466. The van der Waals surface area contributed by atoms with Gasteiger partial charge in [-0.2, -0.15) is 4.31 Å². The Hall–Kier alpha value is -1.44. The number of nitrogens with zero attached hydrogens (tertiary/aromatic N) is 1. The van der Waals surface area contributed by atoms with Crippen molar-refractivity contribution in [2.24, 2.45) is 5.92 Å². The van der Waals surface area contributed by atoms with Crippen molar-refractivity contribution in [3.63, 3.8) is 0 Å². The van der Waals surface area contributed by atoms with Crippen LogP contribution in [-0.4, -0.2) is 51.4 Å². The van der Waals surface area contributed by atoms with E-state index >= 15 is 0 Å². The van der Waals surface area contributed by atoms with Crippen LogP contribution in [0, 0.1) is 12.8 Å². The number of rotatable bonds is 5. The zero-order valence-corrected chi connectivity index (χ0v) is 17.3. The van der Waals surface area contributed by atoms with Crippen LogP contribution in [0.4, 0.5) is 5.69 Å². The van der Waals surface area contributed by atoms with Gasteiger partial charge in [-0.3, -0.25) is 4.79 Å². The first-order chi connectivity index (χ1) is 12.9. The quantitative estimate of drug-likeness (QED) is 0.794. The number of carbonyl (C=O) groups excluding carboxylic acids is 1. The summed E-state index contributed by atoms with van der Waals surface area (Å²) in [5.74, 6) is 0.607. The summed E-state index contributed by atoms with van der Waals surface area (Å²) in [7, 11) is -3.49. The molecule has 3 rings (SSSR count). The third kappa shape index (κ3) is 5.09. The Morgan fingerprint density at radius 1 is 1.22 bits per heavy atom. The first kappa shape index (κ1) is 20.3. The number of anilines is 1. The molecular weight excluding hydrogens is 362 g/mol. The van der Waals surface area contributed by atoms with E-state index in [9.17, 15) is 13.2 Å². The second kappa shape index (κ2) is 8.71. The molecule has 2 aliphatic heterocycles. The molecule has 1 amide bonds. The Kier molecular flexibility index (Phi) is 6.55. The second-order valence-electron chi connectivity index (χ2n) is 8.12. The first-order valence-electron chi connectivity index (χ1n) is 10.1. The number of hydrogen-bond donors (Lipinski definition) is 2. The molecule has 0 aliphatic carbocycles. The topological polar surface area (TPSA) is 70.9 Å². The maximum absolute atomic E-state index is 12.9. The molecule has 27 heavy (non-hydrogen) atoms. The molecule has 2 atom stereocenters. The molecule has 0 saturated carbocycles. The molecular formula is C20H32N3O3S+. The van der Waals surface area contributed by atoms with E-state index in [1.807, 2.05) is 6.92 Å². The second-order valence-corrected chi connectivity index (χ2v) is 10.1. The Labute approximate surface area is 163 Å². The number of hydrogen-bond acceptors (Lipinski definition) is 3. The Morgan fingerprint density at radius 3 is 2.67 bits per heavy atom. The predicted octanol–water partition coefficient (Wildman–Crippen LogP) is 1.42. The predicted molar refractivity (Wildman–Crippen MR) is 106 cm³/mol. The van der Waals surface area contributed by atoms with Gasteiger partial charge in [0, 0.05) is 24.7 Å². The summed E-state index contributed by atoms with van der Waals surface area (Å²) in [5, 5.41) is 2.95. The monoisotopic (exact) mass is 394 g/mol. The van der Waals surface area contributed by atoms with Gasteiger partial charge in [0.05, 0.1) is 18.0 Å². The van der Waals surface area contributed by atoms with Crippen molar-refractivity contribution >= 4 is 21.6 Å². The van der Waals surface area contributed by atoms with Crippen LogP contribution in [0.5, 0.6) is 0 Å². The van der Waals surface area contributed by atoms with Gasteiger partial charge in [0.15, 0.2) is 6.54 Å². The molecule has 0 bridgehead atoms. The van der Waals surface area contributed by atoms with E-state index in [4.69, 9.17) is 0 Å². The highest BCUT2D eigenvalue weighted by Gasteiger charge is 2.27. The Bertz CT molecular complexity index is 773. The molecule has 2 fully saturated rings. The van der Waals surface area contributed by atoms with Crippen molar-refractivity contribution in [1.29, 1.82) is 0 Å². The lowest BCUT2D eigenvalue weighted by Crippen LogP contribution is -3.14. The number of benzene rings is 1. The summed E-state index contributed by atoms with van der Waals surface area (Å²) < 4.78 is 27.4. The van der Waals surface area contributed by atoms with Crippen LogP contribution in [0.2, 0.25) is 0 Å². The van der Waals surface area contributed by atoms with Crippen molar-refractivity contribution in [3.05, 3.63) is 23.8 Å². The molecule has 2 aliphatic rings. The SMILES string of the molecule is Cc1ccc(S(=O)(=O)N2CCCCC2)cc1NC(=O)C[NH+]1CCC[C@@H](C)C1. The average Bonchev–Trinajstić information content (AvgIpc) is 2.64. The normalized spacial score (nSPS) is 24.5. The summed E-state index contributed by atoms with van der Waals surface area (Å²) >= 11 is 0. The fraction of sp³-hybridized carbons (Fsp3) is 0.650. The summed E-state index contributed by atoms with van der Waals surface area (Å²) in [4.78, 5) is 14.1. The molecule has 7 heteroatoms. The van der Waals surface area contributed by atoms with E-state index in [-0.39, 0.29) is 10.8 Å². The van der Waals surface area contributed by atoms with Gasteiger partial charge in [-0.1, -0.05) is 19.4 Å². The number of sulfonamides is 1. The van der Waals surface area contributed by atoms with E-state index in [1.165, 1.54) is 11.3 Å². The fourth-order valence-electron chi connectivity index (χ4n) is 4.13. The van der Waals surface area contributed by atoms with Gasteiger partial charge in [0.25, 0.3) is 5.91 Å². The summed E-state index contributed by atoms with van der Waals surface area (Å²) in [6.45, 7) is 7.77. The molecule has 6 nitrogen and oxygen atoms in total. The van der Waals surface area contributed by atoms with Crippen LogP contribution in [0.1, 0.15) is 44.6 Å². The fourth-order valence-corrected chi connectivity index (χ4v) is 5.67. The largest absolute Gasteiger partial charge is 0.327 e. The maximum atomic E-state index is 12.9. The number of carbonyl (C=O) groups is 1. The number of aryl methyl sites for hydroxylation is 1. The Morgan fingerprint density at radius 2 is 1.96 bits per heavy atom. The average molecular weight is 395 g/mol. The van der Waals surface area contributed by atoms with Crippen LogP contribution in [0.15, 0.2) is 23.1 Å². The Balaban J connectivity index is 1.70. The number of piperidine rings is 2. The van der Waals surface area contributed by atoms with E-state index in [0.29, 0.717) is 31.2 Å². The van der Waals surface area contributed by atoms with Crippen molar-refractivity contribution < 1.29 is 18.1 Å². The standard InChI is InChI=1S/C20H31N3O3S/c1-16-7-6-10-22(14-16)15-20(24)21-19-13-18(9-8-17(19)2)27(25,26)23-11-4-3-5-12-23/h8-9,13,16H,3-7,10-12,14-15H2,1-2H3,(H,21,24)/p+1/t16-/m1/s1. The zero-order valence-electron chi connectivity index (χ0n) is 16.5. The minimum Gasteiger partial charge on any atom is -0.327 e. The number of quaternary nitrogens is 1. The molecule has 0 spiro atoms.